The Morgan fingerprint density at radius 1 is 1.31 bits per heavy atom. The minimum atomic E-state index is -0.508. The van der Waals surface area contributed by atoms with Crippen LogP contribution in [0.15, 0.2) is 65.6 Å². The highest BCUT2D eigenvalue weighted by Crippen LogP contribution is 2.30. The Morgan fingerprint density at radius 2 is 2.08 bits per heavy atom. The molecule has 0 aromatic heterocycles. The number of carbonyl (C=O) groups excluding carboxylic acids is 1. The van der Waals surface area contributed by atoms with Gasteiger partial charge in [0, 0.05) is 43.3 Å². The summed E-state index contributed by atoms with van der Waals surface area (Å²) in [5, 5.41) is 0. The molecule has 2 aliphatic rings. The summed E-state index contributed by atoms with van der Waals surface area (Å²) in [7, 11) is 1.78. The van der Waals surface area contributed by atoms with Gasteiger partial charge in [-0.05, 0) is 32.9 Å². The lowest BCUT2D eigenvalue weighted by Gasteiger charge is -2.33. The van der Waals surface area contributed by atoms with E-state index in [9.17, 15) is 4.79 Å². The monoisotopic (exact) mass is 351 g/mol. The molecule has 1 aliphatic carbocycles. The third kappa shape index (κ3) is 4.04. The van der Waals surface area contributed by atoms with Crippen LogP contribution in [0.5, 0.6) is 0 Å². The first-order valence-electron chi connectivity index (χ1n) is 8.76. The van der Waals surface area contributed by atoms with Crippen molar-refractivity contribution in [3.8, 4) is 0 Å². The van der Waals surface area contributed by atoms with Crippen LogP contribution in [0.3, 0.4) is 0 Å². The van der Waals surface area contributed by atoms with E-state index >= 15 is 0 Å². The van der Waals surface area contributed by atoms with Crippen molar-refractivity contribution in [2.24, 2.45) is 4.99 Å². The Labute approximate surface area is 155 Å². The number of rotatable bonds is 2. The van der Waals surface area contributed by atoms with E-state index in [-0.39, 0.29) is 12.1 Å². The van der Waals surface area contributed by atoms with Crippen molar-refractivity contribution in [3.63, 3.8) is 0 Å². The zero-order valence-corrected chi connectivity index (χ0v) is 15.7. The topological polar surface area (TPSA) is 45.1 Å². The molecule has 1 heterocycles. The van der Waals surface area contributed by atoms with E-state index in [1.165, 1.54) is 0 Å². The Morgan fingerprint density at radius 3 is 2.85 bits per heavy atom. The number of hydrogen-bond acceptors (Lipinski definition) is 4. The van der Waals surface area contributed by atoms with Gasteiger partial charge in [-0.25, -0.2) is 4.79 Å². The lowest BCUT2D eigenvalue weighted by Crippen LogP contribution is -2.41. The van der Waals surface area contributed by atoms with Crippen molar-refractivity contribution in [1.29, 1.82) is 0 Å². The minimum Gasteiger partial charge on any atom is -0.444 e. The van der Waals surface area contributed by atoms with E-state index in [0.717, 1.165) is 16.9 Å². The number of likely N-dealkylation sites (N-methyl/N-ethyl adjacent to an activating group) is 1. The number of allylic oxidation sites excluding steroid dienone is 2. The molecular weight excluding hydrogens is 326 g/mol. The van der Waals surface area contributed by atoms with Gasteiger partial charge in [-0.15, -0.1) is 0 Å². The van der Waals surface area contributed by atoms with Crippen LogP contribution in [0.1, 0.15) is 32.8 Å². The van der Waals surface area contributed by atoms with Gasteiger partial charge in [-0.3, -0.25) is 4.99 Å². The van der Waals surface area contributed by atoms with Crippen LogP contribution in [0.2, 0.25) is 0 Å². The first kappa shape index (κ1) is 18.0. The van der Waals surface area contributed by atoms with Crippen LogP contribution in [0, 0.1) is 0 Å². The second-order valence-electron chi connectivity index (χ2n) is 7.41. The summed E-state index contributed by atoms with van der Waals surface area (Å²) in [6.07, 6.45) is 12.1. The zero-order chi connectivity index (χ0) is 18.7. The van der Waals surface area contributed by atoms with Crippen LogP contribution in [0.25, 0.3) is 0 Å². The smallest absolute Gasteiger partial charge is 0.410 e. The number of carbonyl (C=O) groups is 1. The van der Waals surface area contributed by atoms with Crippen molar-refractivity contribution in [2.45, 2.75) is 38.8 Å². The standard InChI is InChI=1S/C21H25N3O2/c1-21(2,3)26-20(25)23(4)17-9-7-10-18(14-17)24-13-12-22-15-16-8-5-6-11-19(16)24/h5-13,15,17H,14H2,1-4H3. The minimum absolute atomic E-state index is 0.0606. The maximum absolute atomic E-state index is 12.4. The third-order valence-electron chi connectivity index (χ3n) is 4.24. The molecule has 5 heteroatoms. The second kappa shape index (κ2) is 7.20. The molecule has 0 fully saturated rings. The van der Waals surface area contributed by atoms with E-state index in [1.54, 1.807) is 18.1 Å². The third-order valence-corrected chi connectivity index (χ3v) is 4.24. The van der Waals surface area contributed by atoms with Crippen LogP contribution >= 0.6 is 0 Å². The molecule has 0 bridgehead atoms. The van der Waals surface area contributed by atoms with Crippen molar-refractivity contribution in [2.75, 3.05) is 11.9 Å². The summed E-state index contributed by atoms with van der Waals surface area (Å²) in [5.74, 6) is 0. The SMILES string of the molecule is CN(C(=O)OC(C)(C)C)C1C=CC=C(N2C=CN=Cc3ccccc32)C1. The zero-order valence-electron chi connectivity index (χ0n) is 15.7. The van der Waals surface area contributed by atoms with Gasteiger partial charge < -0.3 is 14.5 Å². The average Bonchev–Trinajstić information content (AvgIpc) is 2.82. The summed E-state index contributed by atoms with van der Waals surface area (Å²) in [5.41, 5.74) is 2.73. The predicted molar refractivity (Wildman–Crippen MR) is 105 cm³/mol. The number of para-hydroxylation sites is 1. The molecule has 0 saturated heterocycles. The molecular formula is C21H25N3O2. The van der Waals surface area contributed by atoms with E-state index in [0.29, 0.717) is 6.42 Å². The van der Waals surface area contributed by atoms with Crippen LogP contribution < -0.4 is 4.90 Å². The fraction of sp³-hybridized carbons (Fsp3) is 0.333. The van der Waals surface area contributed by atoms with E-state index < -0.39 is 5.60 Å². The van der Waals surface area contributed by atoms with Crippen LogP contribution in [0.4, 0.5) is 10.5 Å². The number of ether oxygens (including phenoxy) is 1. The molecule has 1 aromatic carbocycles. The van der Waals surface area contributed by atoms with Crippen molar-refractivity contribution in [1.82, 2.24) is 4.90 Å². The number of benzene rings is 1. The van der Waals surface area contributed by atoms with E-state index in [1.807, 2.05) is 63.5 Å². The quantitative estimate of drug-likeness (QED) is 0.789. The van der Waals surface area contributed by atoms with Crippen LogP contribution in [-0.2, 0) is 4.74 Å². The summed E-state index contributed by atoms with van der Waals surface area (Å²) >= 11 is 0. The second-order valence-corrected chi connectivity index (χ2v) is 7.41. The number of amides is 1. The van der Waals surface area contributed by atoms with Gasteiger partial charge in [0.1, 0.15) is 5.60 Å². The van der Waals surface area contributed by atoms with Crippen molar-refractivity contribution >= 4 is 18.0 Å². The Hall–Kier alpha value is -2.82. The van der Waals surface area contributed by atoms with Gasteiger partial charge >= 0.3 is 6.09 Å². The Balaban J connectivity index is 1.79. The summed E-state index contributed by atoms with van der Waals surface area (Å²) in [4.78, 5) is 20.5. The molecule has 1 amide bonds. The van der Waals surface area contributed by atoms with E-state index in [4.69, 9.17) is 4.74 Å². The molecule has 0 saturated carbocycles. The lowest BCUT2D eigenvalue weighted by molar-refractivity contribution is 0.0254. The molecule has 1 atom stereocenters. The van der Waals surface area contributed by atoms with E-state index in [2.05, 4.69) is 22.0 Å². The number of nitrogens with zero attached hydrogens (tertiary/aromatic N) is 3. The Kier molecular flexibility index (Phi) is 4.98. The molecule has 1 unspecified atom stereocenters. The van der Waals surface area contributed by atoms with Gasteiger partial charge in [0.25, 0.3) is 0 Å². The highest BCUT2D eigenvalue weighted by molar-refractivity contribution is 5.90. The molecule has 26 heavy (non-hydrogen) atoms. The number of fused-ring (bicyclic) bond motifs is 1. The molecule has 136 valence electrons. The molecule has 1 aromatic rings. The highest BCUT2D eigenvalue weighted by atomic mass is 16.6. The van der Waals surface area contributed by atoms with Gasteiger partial charge in [-0.1, -0.05) is 30.4 Å². The van der Waals surface area contributed by atoms with Gasteiger partial charge in [-0.2, -0.15) is 0 Å². The maximum Gasteiger partial charge on any atom is 0.410 e. The van der Waals surface area contributed by atoms with Gasteiger partial charge in [0.05, 0.1) is 11.7 Å². The Bertz CT molecular complexity index is 800. The number of anilines is 1. The fourth-order valence-electron chi connectivity index (χ4n) is 2.93. The lowest BCUT2D eigenvalue weighted by atomic mass is 10.0. The number of hydrogen-bond donors (Lipinski definition) is 0. The molecule has 0 N–H and O–H groups in total. The largest absolute Gasteiger partial charge is 0.444 e. The molecule has 5 nitrogen and oxygen atoms in total. The predicted octanol–water partition coefficient (Wildman–Crippen LogP) is 4.48. The maximum atomic E-state index is 12.4. The van der Waals surface area contributed by atoms with Crippen LogP contribution in [-0.4, -0.2) is 35.9 Å². The normalized spacial score (nSPS) is 18.8. The van der Waals surface area contributed by atoms with Crippen molar-refractivity contribution < 1.29 is 9.53 Å². The summed E-state index contributed by atoms with van der Waals surface area (Å²) < 4.78 is 5.50. The first-order chi connectivity index (χ1) is 12.3. The first-order valence-corrected chi connectivity index (χ1v) is 8.76. The fourth-order valence-corrected chi connectivity index (χ4v) is 2.93. The molecule has 1 aliphatic heterocycles. The van der Waals surface area contributed by atoms with Gasteiger partial charge in [0.15, 0.2) is 0 Å². The summed E-state index contributed by atoms with van der Waals surface area (Å²) in [6, 6.07) is 8.07. The van der Waals surface area contributed by atoms with Gasteiger partial charge in [0.2, 0.25) is 0 Å². The molecule has 3 rings (SSSR count). The summed E-state index contributed by atoms with van der Waals surface area (Å²) in [6.45, 7) is 5.62. The molecule has 0 radical (unpaired) electrons. The average molecular weight is 351 g/mol. The number of aliphatic imine (C=N–C) groups is 1. The highest BCUT2D eigenvalue weighted by Gasteiger charge is 2.27. The van der Waals surface area contributed by atoms with Crippen molar-refractivity contribution in [3.05, 3.63) is 66.2 Å². The molecule has 0 spiro atoms.